The molecule has 0 bridgehead atoms. The van der Waals surface area contributed by atoms with Gasteiger partial charge in [-0.15, -0.1) is 0 Å². The zero-order valence-corrected chi connectivity index (χ0v) is 13.5. The van der Waals surface area contributed by atoms with Crippen LogP contribution in [0, 0.1) is 6.92 Å². The van der Waals surface area contributed by atoms with Gasteiger partial charge in [-0.2, -0.15) is 5.10 Å². The fraction of sp³-hybridized carbons (Fsp3) is 0.333. The second-order valence-corrected chi connectivity index (χ2v) is 6.02. The van der Waals surface area contributed by atoms with Gasteiger partial charge in [0.1, 0.15) is 5.75 Å². The van der Waals surface area contributed by atoms with E-state index in [4.69, 9.17) is 4.74 Å². The van der Waals surface area contributed by atoms with Crippen molar-refractivity contribution in [2.45, 2.75) is 19.9 Å². The first-order valence-corrected chi connectivity index (χ1v) is 7.56. The third kappa shape index (κ3) is 2.68. The van der Waals surface area contributed by atoms with Crippen molar-refractivity contribution in [3.05, 3.63) is 45.2 Å². The van der Waals surface area contributed by atoms with E-state index in [-0.39, 0.29) is 5.91 Å². The predicted molar refractivity (Wildman–Crippen MR) is 82.5 cm³/mol. The largest absolute Gasteiger partial charge is 0.493 e. The number of ether oxygens (including phenoxy) is 1. The van der Waals surface area contributed by atoms with Gasteiger partial charge in [0.2, 0.25) is 0 Å². The molecule has 0 spiro atoms. The molecule has 1 aromatic carbocycles. The summed E-state index contributed by atoms with van der Waals surface area (Å²) in [5.74, 6) is 0.786. The first-order valence-electron chi connectivity index (χ1n) is 6.77. The Morgan fingerprint density at radius 2 is 2.33 bits per heavy atom. The van der Waals surface area contributed by atoms with Crippen molar-refractivity contribution in [1.29, 1.82) is 0 Å². The average molecular weight is 350 g/mol. The van der Waals surface area contributed by atoms with Crippen LogP contribution in [0.5, 0.6) is 5.75 Å². The fourth-order valence-corrected chi connectivity index (χ4v) is 3.02. The molecule has 0 unspecified atom stereocenters. The van der Waals surface area contributed by atoms with E-state index < -0.39 is 0 Å². The van der Waals surface area contributed by atoms with Gasteiger partial charge in [-0.25, -0.2) is 0 Å². The zero-order valence-electron chi connectivity index (χ0n) is 11.9. The molecule has 1 aliphatic heterocycles. The number of aromatic nitrogens is 2. The van der Waals surface area contributed by atoms with Crippen molar-refractivity contribution in [3.8, 4) is 5.75 Å². The molecule has 0 fully saturated rings. The number of fused-ring (bicyclic) bond motifs is 1. The number of carbonyl (C=O) groups excluding carboxylic acids is 1. The summed E-state index contributed by atoms with van der Waals surface area (Å²) < 4.78 is 8.36. The highest BCUT2D eigenvalue weighted by atomic mass is 79.9. The Labute approximate surface area is 131 Å². The predicted octanol–water partition coefficient (Wildman–Crippen LogP) is 2.36. The molecule has 0 radical (unpaired) electrons. The van der Waals surface area contributed by atoms with Crippen LogP contribution in [0.1, 0.15) is 27.2 Å². The summed E-state index contributed by atoms with van der Waals surface area (Å²) in [6, 6.07) is 4.06. The van der Waals surface area contributed by atoms with E-state index in [2.05, 4.69) is 32.4 Å². The summed E-state index contributed by atoms with van der Waals surface area (Å²) in [6.07, 6.45) is 2.50. The Balaban J connectivity index is 1.77. The van der Waals surface area contributed by atoms with Crippen LogP contribution < -0.4 is 10.1 Å². The third-order valence-electron chi connectivity index (χ3n) is 3.74. The number of carbonyl (C=O) groups is 1. The molecular weight excluding hydrogens is 334 g/mol. The molecule has 1 aromatic heterocycles. The van der Waals surface area contributed by atoms with Gasteiger partial charge in [-0.1, -0.05) is 15.9 Å². The molecule has 21 heavy (non-hydrogen) atoms. The van der Waals surface area contributed by atoms with E-state index in [1.165, 1.54) is 5.56 Å². The van der Waals surface area contributed by atoms with E-state index in [0.717, 1.165) is 27.9 Å². The Bertz CT molecular complexity index is 709. The van der Waals surface area contributed by atoms with Gasteiger partial charge < -0.3 is 10.1 Å². The summed E-state index contributed by atoms with van der Waals surface area (Å²) in [7, 11) is 1.82. The smallest absolute Gasteiger partial charge is 0.255 e. The van der Waals surface area contributed by atoms with Gasteiger partial charge in [-0.3, -0.25) is 9.48 Å². The Morgan fingerprint density at radius 3 is 3.05 bits per heavy atom. The molecule has 6 heteroatoms. The Kier molecular flexibility index (Phi) is 3.71. The molecule has 1 aliphatic rings. The van der Waals surface area contributed by atoms with Crippen molar-refractivity contribution < 1.29 is 9.53 Å². The highest BCUT2D eigenvalue weighted by Gasteiger charge is 2.19. The second kappa shape index (κ2) is 5.52. The van der Waals surface area contributed by atoms with Crippen LogP contribution in [0.4, 0.5) is 0 Å². The molecule has 1 amide bonds. The van der Waals surface area contributed by atoms with E-state index >= 15 is 0 Å². The van der Waals surface area contributed by atoms with Gasteiger partial charge in [0.25, 0.3) is 5.91 Å². The van der Waals surface area contributed by atoms with Crippen LogP contribution in [0.25, 0.3) is 0 Å². The number of amides is 1. The van der Waals surface area contributed by atoms with Crippen LogP contribution >= 0.6 is 15.9 Å². The minimum absolute atomic E-state index is 0.118. The molecule has 0 saturated heterocycles. The van der Waals surface area contributed by atoms with Crippen molar-refractivity contribution in [2.75, 3.05) is 6.61 Å². The molecular formula is C15H16BrN3O2. The SMILES string of the molecule is Cc1c(C(=O)NCc2cc(Br)cc3c2OCC3)cnn1C. The summed E-state index contributed by atoms with van der Waals surface area (Å²) in [6.45, 7) is 3.02. The Hall–Kier alpha value is -1.82. The number of nitrogens with one attached hydrogen (secondary N) is 1. The summed E-state index contributed by atoms with van der Waals surface area (Å²) >= 11 is 3.50. The molecule has 1 N–H and O–H groups in total. The van der Waals surface area contributed by atoms with Crippen molar-refractivity contribution in [2.24, 2.45) is 7.05 Å². The van der Waals surface area contributed by atoms with Crippen LogP contribution in [0.2, 0.25) is 0 Å². The highest BCUT2D eigenvalue weighted by Crippen LogP contribution is 2.32. The third-order valence-corrected chi connectivity index (χ3v) is 4.20. The quantitative estimate of drug-likeness (QED) is 0.925. The monoisotopic (exact) mass is 349 g/mol. The maximum Gasteiger partial charge on any atom is 0.255 e. The molecule has 2 aromatic rings. The van der Waals surface area contributed by atoms with Gasteiger partial charge in [-0.05, 0) is 24.6 Å². The van der Waals surface area contributed by atoms with Crippen LogP contribution in [0.3, 0.4) is 0 Å². The van der Waals surface area contributed by atoms with E-state index in [1.54, 1.807) is 10.9 Å². The maximum atomic E-state index is 12.2. The lowest BCUT2D eigenvalue weighted by Gasteiger charge is -2.10. The van der Waals surface area contributed by atoms with Gasteiger partial charge in [0, 0.05) is 35.7 Å². The lowest BCUT2D eigenvalue weighted by Crippen LogP contribution is -2.23. The van der Waals surface area contributed by atoms with Gasteiger partial charge in [0.05, 0.1) is 18.4 Å². The zero-order chi connectivity index (χ0) is 15.0. The maximum absolute atomic E-state index is 12.2. The molecule has 5 nitrogen and oxygen atoms in total. The minimum atomic E-state index is -0.118. The highest BCUT2D eigenvalue weighted by molar-refractivity contribution is 9.10. The van der Waals surface area contributed by atoms with Crippen molar-refractivity contribution in [3.63, 3.8) is 0 Å². The first kappa shape index (κ1) is 14.1. The molecule has 2 heterocycles. The molecule has 0 atom stereocenters. The molecule has 110 valence electrons. The number of nitrogens with zero attached hydrogens (tertiary/aromatic N) is 2. The van der Waals surface area contributed by atoms with E-state index in [1.807, 2.05) is 20.0 Å². The number of halogens is 1. The molecule has 0 saturated carbocycles. The molecule has 3 rings (SSSR count). The number of benzene rings is 1. The van der Waals surface area contributed by atoms with Crippen LogP contribution in [-0.4, -0.2) is 22.3 Å². The van der Waals surface area contributed by atoms with E-state index in [0.29, 0.717) is 18.7 Å². The van der Waals surface area contributed by atoms with Crippen LogP contribution in [-0.2, 0) is 20.0 Å². The average Bonchev–Trinajstić information content (AvgIpc) is 3.04. The lowest BCUT2D eigenvalue weighted by atomic mass is 10.1. The topological polar surface area (TPSA) is 56.1 Å². The van der Waals surface area contributed by atoms with Crippen molar-refractivity contribution >= 4 is 21.8 Å². The number of aryl methyl sites for hydroxylation is 1. The number of hydrogen-bond donors (Lipinski definition) is 1. The summed E-state index contributed by atoms with van der Waals surface area (Å²) in [4.78, 5) is 12.2. The fourth-order valence-electron chi connectivity index (χ4n) is 2.47. The first-order chi connectivity index (χ1) is 10.1. The van der Waals surface area contributed by atoms with Gasteiger partial charge >= 0.3 is 0 Å². The number of rotatable bonds is 3. The molecule has 0 aliphatic carbocycles. The standard InChI is InChI=1S/C15H16BrN3O2/c1-9-13(8-18-19(9)2)15(20)17-7-11-6-12(16)5-10-3-4-21-14(10)11/h5-6,8H,3-4,7H2,1-2H3,(H,17,20). The minimum Gasteiger partial charge on any atom is -0.493 e. The van der Waals surface area contributed by atoms with E-state index in [9.17, 15) is 4.79 Å². The summed E-state index contributed by atoms with van der Waals surface area (Å²) in [5.41, 5.74) is 3.63. The number of hydrogen-bond acceptors (Lipinski definition) is 3. The summed E-state index contributed by atoms with van der Waals surface area (Å²) in [5, 5.41) is 7.02. The van der Waals surface area contributed by atoms with Crippen molar-refractivity contribution in [1.82, 2.24) is 15.1 Å². The lowest BCUT2D eigenvalue weighted by molar-refractivity contribution is 0.0950. The Morgan fingerprint density at radius 1 is 1.52 bits per heavy atom. The second-order valence-electron chi connectivity index (χ2n) is 5.10. The normalized spacial score (nSPS) is 12.9. The van der Waals surface area contributed by atoms with Crippen LogP contribution in [0.15, 0.2) is 22.8 Å². The van der Waals surface area contributed by atoms with Gasteiger partial charge in [0.15, 0.2) is 0 Å².